The molecule has 1 aromatic rings. The Morgan fingerprint density at radius 2 is 2.12 bits per heavy atom. The number of halogens is 1. The van der Waals surface area contributed by atoms with Gasteiger partial charge in [0.05, 0.1) is 6.54 Å². The largest absolute Gasteiger partial charge is 0.475 e. The summed E-state index contributed by atoms with van der Waals surface area (Å²) in [6.07, 6.45) is 1.76. The van der Waals surface area contributed by atoms with Crippen molar-refractivity contribution in [1.29, 1.82) is 0 Å². The number of rotatable bonds is 4. The third-order valence-electron chi connectivity index (χ3n) is 2.51. The highest BCUT2D eigenvalue weighted by molar-refractivity contribution is 6.30. The lowest BCUT2D eigenvalue weighted by Crippen LogP contribution is -2.17. The molecule has 2 rings (SSSR count). The second-order valence-electron chi connectivity index (χ2n) is 3.84. The second-order valence-corrected chi connectivity index (χ2v) is 4.28. The van der Waals surface area contributed by atoms with Crippen LogP contribution in [0, 0.1) is 0 Å². The minimum Gasteiger partial charge on any atom is -0.475 e. The van der Waals surface area contributed by atoms with E-state index in [1.165, 1.54) is 5.56 Å². The molecule has 0 aromatic heterocycles. The SMILES string of the molecule is NCCC1=NCC(Cc2ccc(Cl)cc2)O1. The molecule has 16 heavy (non-hydrogen) atoms. The molecule has 1 atom stereocenters. The van der Waals surface area contributed by atoms with Crippen molar-refractivity contribution in [1.82, 2.24) is 0 Å². The first-order chi connectivity index (χ1) is 7.78. The van der Waals surface area contributed by atoms with Crippen molar-refractivity contribution in [3.05, 3.63) is 34.9 Å². The molecule has 0 radical (unpaired) electrons. The fraction of sp³-hybridized carbons (Fsp3) is 0.417. The first-order valence-electron chi connectivity index (χ1n) is 5.42. The summed E-state index contributed by atoms with van der Waals surface area (Å²) in [5.41, 5.74) is 6.67. The predicted molar refractivity (Wildman–Crippen MR) is 66.0 cm³/mol. The summed E-state index contributed by atoms with van der Waals surface area (Å²) in [6, 6.07) is 7.83. The Labute approximate surface area is 100 Å². The van der Waals surface area contributed by atoms with Gasteiger partial charge >= 0.3 is 0 Å². The van der Waals surface area contributed by atoms with Crippen molar-refractivity contribution in [2.75, 3.05) is 13.1 Å². The lowest BCUT2D eigenvalue weighted by atomic mass is 10.1. The zero-order valence-corrected chi connectivity index (χ0v) is 9.78. The average molecular weight is 239 g/mol. The molecule has 0 bridgehead atoms. The highest BCUT2D eigenvalue weighted by atomic mass is 35.5. The van der Waals surface area contributed by atoms with E-state index in [1.54, 1.807) is 0 Å². The third-order valence-corrected chi connectivity index (χ3v) is 2.76. The topological polar surface area (TPSA) is 47.6 Å². The fourth-order valence-corrected chi connectivity index (χ4v) is 1.85. The number of ether oxygens (including phenoxy) is 1. The predicted octanol–water partition coefficient (Wildman–Crippen LogP) is 2.03. The molecule has 1 aromatic carbocycles. The summed E-state index contributed by atoms with van der Waals surface area (Å²) in [7, 11) is 0. The summed E-state index contributed by atoms with van der Waals surface area (Å²) < 4.78 is 5.67. The molecule has 1 unspecified atom stereocenters. The molecule has 1 aliphatic rings. The zero-order chi connectivity index (χ0) is 11.4. The van der Waals surface area contributed by atoms with Gasteiger partial charge in [-0.2, -0.15) is 0 Å². The molecule has 0 saturated carbocycles. The Morgan fingerprint density at radius 3 is 2.81 bits per heavy atom. The van der Waals surface area contributed by atoms with Gasteiger partial charge in [0, 0.05) is 24.4 Å². The van der Waals surface area contributed by atoms with Gasteiger partial charge in [-0.1, -0.05) is 23.7 Å². The Balaban J connectivity index is 1.86. The Bertz CT molecular complexity index is 375. The van der Waals surface area contributed by atoms with E-state index in [9.17, 15) is 0 Å². The maximum absolute atomic E-state index is 5.82. The highest BCUT2D eigenvalue weighted by Crippen LogP contribution is 2.15. The van der Waals surface area contributed by atoms with Crippen LogP contribution in [0.25, 0.3) is 0 Å². The second kappa shape index (κ2) is 5.32. The van der Waals surface area contributed by atoms with Crippen LogP contribution in [-0.4, -0.2) is 25.1 Å². The molecule has 1 heterocycles. The molecule has 4 heteroatoms. The van der Waals surface area contributed by atoms with Crippen LogP contribution in [0.3, 0.4) is 0 Å². The van der Waals surface area contributed by atoms with Gasteiger partial charge < -0.3 is 10.5 Å². The lowest BCUT2D eigenvalue weighted by Gasteiger charge is -2.11. The molecule has 3 nitrogen and oxygen atoms in total. The van der Waals surface area contributed by atoms with Crippen molar-refractivity contribution in [3.8, 4) is 0 Å². The van der Waals surface area contributed by atoms with Gasteiger partial charge in [-0.15, -0.1) is 0 Å². The standard InChI is InChI=1S/C12H15ClN2O/c13-10-3-1-9(2-4-10)7-11-8-15-12(16-11)5-6-14/h1-4,11H,5-8,14H2. The number of hydrogen-bond donors (Lipinski definition) is 1. The van der Waals surface area contributed by atoms with E-state index in [0.717, 1.165) is 30.3 Å². The normalized spacial score (nSPS) is 19.4. The van der Waals surface area contributed by atoms with Gasteiger partial charge in [-0.25, -0.2) is 0 Å². The van der Waals surface area contributed by atoms with E-state index in [2.05, 4.69) is 4.99 Å². The first kappa shape index (κ1) is 11.4. The van der Waals surface area contributed by atoms with Crippen molar-refractivity contribution in [3.63, 3.8) is 0 Å². The molecule has 0 saturated heterocycles. The van der Waals surface area contributed by atoms with Crippen molar-refractivity contribution in [2.24, 2.45) is 10.7 Å². The van der Waals surface area contributed by atoms with Crippen LogP contribution in [-0.2, 0) is 11.2 Å². The summed E-state index contributed by atoms with van der Waals surface area (Å²) >= 11 is 5.82. The number of hydrogen-bond acceptors (Lipinski definition) is 3. The highest BCUT2D eigenvalue weighted by Gasteiger charge is 2.19. The smallest absolute Gasteiger partial charge is 0.185 e. The van der Waals surface area contributed by atoms with Crippen molar-refractivity contribution in [2.45, 2.75) is 18.9 Å². The Kier molecular flexibility index (Phi) is 3.80. The van der Waals surface area contributed by atoms with Crippen LogP contribution in [0.2, 0.25) is 5.02 Å². The van der Waals surface area contributed by atoms with Gasteiger partial charge in [-0.05, 0) is 17.7 Å². The van der Waals surface area contributed by atoms with Gasteiger partial charge in [-0.3, -0.25) is 4.99 Å². The summed E-state index contributed by atoms with van der Waals surface area (Å²) in [6.45, 7) is 1.32. The molecular weight excluding hydrogens is 224 g/mol. The third kappa shape index (κ3) is 2.97. The Hall–Kier alpha value is -1.06. The maximum atomic E-state index is 5.82. The van der Waals surface area contributed by atoms with Crippen molar-refractivity contribution >= 4 is 17.5 Å². The Morgan fingerprint density at radius 1 is 1.38 bits per heavy atom. The molecule has 0 fully saturated rings. The summed E-state index contributed by atoms with van der Waals surface area (Å²) in [4.78, 5) is 4.31. The van der Waals surface area contributed by atoms with Crippen LogP contribution < -0.4 is 5.73 Å². The molecule has 2 N–H and O–H groups in total. The van der Waals surface area contributed by atoms with Gasteiger partial charge in [0.2, 0.25) is 0 Å². The number of nitrogens with two attached hydrogens (primary N) is 1. The molecule has 0 spiro atoms. The molecule has 0 aliphatic carbocycles. The average Bonchev–Trinajstić information content (AvgIpc) is 2.70. The van der Waals surface area contributed by atoms with E-state index in [1.807, 2.05) is 24.3 Å². The van der Waals surface area contributed by atoms with Crippen molar-refractivity contribution < 1.29 is 4.74 Å². The van der Waals surface area contributed by atoms with Crippen LogP contribution in [0.4, 0.5) is 0 Å². The maximum Gasteiger partial charge on any atom is 0.185 e. The molecular formula is C12H15ClN2O. The van der Waals surface area contributed by atoms with Gasteiger partial charge in [0.15, 0.2) is 5.90 Å². The van der Waals surface area contributed by atoms with Crippen LogP contribution in [0.15, 0.2) is 29.3 Å². The van der Waals surface area contributed by atoms with E-state index in [-0.39, 0.29) is 6.10 Å². The van der Waals surface area contributed by atoms with E-state index < -0.39 is 0 Å². The molecule has 1 aliphatic heterocycles. The van der Waals surface area contributed by atoms with Crippen LogP contribution >= 0.6 is 11.6 Å². The van der Waals surface area contributed by atoms with Crippen LogP contribution in [0.1, 0.15) is 12.0 Å². The van der Waals surface area contributed by atoms with Crippen LogP contribution in [0.5, 0.6) is 0 Å². The monoisotopic (exact) mass is 238 g/mol. The number of benzene rings is 1. The summed E-state index contributed by atoms with van der Waals surface area (Å²) in [5.74, 6) is 0.793. The minimum atomic E-state index is 0.155. The van der Waals surface area contributed by atoms with Gasteiger partial charge in [0.25, 0.3) is 0 Å². The van der Waals surface area contributed by atoms with E-state index >= 15 is 0 Å². The quantitative estimate of drug-likeness (QED) is 0.873. The molecule has 0 amide bonds. The minimum absolute atomic E-state index is 0.155. The number of nitrogens with zero attached hydrogens (tertiary/aromatic N) is 1. The lowest BCUT2D eigenvalue weighted by molar-refractivity contribution is 0.219. The van der Waals surface area contributed by atoms with Gasteiger partial charge in [0.1, 0.15) is 6.10 Å². The zero-order valence-electron chi connectivity index (χ0n) is 9.03. The summed E-state index contributed by atoms with van der Waals surface area (Å²) in [5, 5.41) is 0.760. The first-order valence-corrected chi connectivity index (χ1v) is 5.80. The van der Waals surface area contributed by atoms with E-state index in [4.69, 9.17) is 22.1 Å². The van der Waals surface area contributed by atoms with E-state index in [0.29, 0.717) is 6.54 Å². The molecule has 86 valence electrons. The fourth-order valence-electron chi connectivity index (χ4n) is 1.72. The number of aliphatic imine (C=N–C) groups is 1.